The first-order valence-electron chi connectivity index (χ1n) is 9.31. The van der Waals surface area contributed by atoms with Gasteiger partial charge in [0.15, 0.2) is 0 Å². The van der Waals surface area contributed by atoms with Gasteiger partial charge in [0.05, 0.1) is 0 Å². The third-order valence-corrected chi connectivity index (χ3v) is 5.37. The van der Waals surface area contributed by atoms with Crippen LogP contribution in [0.3, 0.4) is 0 Å². The van der Waals surface area contributed by atoms with Crippen molar-refractivity contribution >= 4 is 17.6 Å². The summed E-state index contributed by atoms with van der Waals surface area (Å²) >= 11 is 4.89. The Bertz CT molecular complexity index is 683. The number of hydrogen-bond donors (Lipinski definition) is 2. The highest BCUT2D eigenvalue weighted by Crippen LogP contribution is 2.25. The lowest BCUT2D eigenvalue weighted by Crippen LogP contribution is -2.18. The van der Waals surface area contributed by atoms with Gasteiger partial charge in [-0.3, -0.25) is 0 Å². The molecule has 0 aromatic heterocycles. The van der Waals surface area contributed by atoms with Gasteiger partial charge >= 0.3 is 0 Å². The zero-order valence-corrected chi connectivity index (χ0v) is 17.6. The van der Waals surface area contributed by atoms with Gasteiger partial charge in [-0.05, 0) is 92.4 Å². The highest BCUT2D eigenvalue weighted by molar-refractivity contribution is 7.79. The summed E-state index contributed by atoms with van der Waals surface area (Å²) in [6.07, 6.45) is 7.37. The molecule has 0 saturated carbocycles. The van der Waals surface area contributed by atoms with Crippen LogP contribution in [0.15, 0.2) is 58.8 Å². The molecule has 3 N–H and O–H groups in total. The molecule has 1 unspecified atom stereocenters. The van der Waals surface area contributed by atoms with Crippen molar-refractivity contribution in [1.82, 2.24) is 0 Å². The Morgan fingerprint density at radius 1 is 1.12 bits per heavy atom. The molecule has 3 heteroatoms. The summed E-state index contributed by atoms with van der Waals surface area (Å²) in [7, 11) is 0. The summed E-state index contributed by atoms with van der Waals surface area (Å²) < 4.78 is 0. The molecule has 2 nitrogen and oxygen atoms in total. The highest BCUT2D eigenvalue weighted by atomic mass is 32.1. The fourth-order valence-electron chi connectivity index (χ4n) is 2.96. The summed E-state index contributed by atoms with van der Waals surface area (Å²) in [4.78, 5) is 0. The van der Waals surface area contributed by atoms with E-state index in [9.17, 15) is 5.11 Å². The lowest BCUT2D eigenvalue weighted by Gasteiger charge is -2.22. The summed E-state index contributed by atoms with van der Waals surface area (Å²) in [6, 6.07) is 7.48. The van der Waals surface area contributed by atoms with Crippen molar-refractivity contribution in [3.63, 3.8) is 0 Å². The predicted octanol–water partition coefficient (Wildman–Crippen LogP) is 6.11. The normalized spacial score (nSPS) is 16.0. The van der Waals surface area contributed by atoms with E-state index in [1.54, 1.807) is 17.5 Å². The Labute approximate surface area is 164 Å². The van der Waals surface area contributed by atoms with Gasteiger partial charge < -0.3 is 10.8 Å². The predicted molar refractivity (Wildman–Crippen MR) is 117 cm³/mol. The molecule has 0 saturated heterocycles. The molecule has 0 fully saturated rings. The molecule has 0 radical (unpaired) electrons. The van der Waals surface area contributed by atoms with E-state index in [1.807, 2.05) is 18.2 Å². The van der Waals surface area contributed by atoms with E-state index in [2.05, 4.69) is 40.7 Å². The Morgan fingerprint density at radius 3 is 2.31 bits per heavy atom. The third kappa shape index (κ3) is 7.17. The van der Waals surface area contributed by atoms with Crippen LogP contribution in [-0.2, 0) is 6.42 Å². The van der Waals surface area contributed by atoms with Gasteiger partial charge in [-0.15, -0.1) is 0 Å². The van der Waals surface area contributed by atoms with Crippen LogP contribution in [0, 0.1) is 11.8 Å². The summed E-state index contributed by atoms with van der Waals surface area (Å²) in [5, 5.41) is 11.0. The molecule has 1 rings (SSSR count). The maximum Gasteiger partial charge on any atom is 0.115 e. The maximum atomic E-state index is 9.35. The zero-order chi connectivity index (χ0) is 19.7. The second-order valence-electron chi connectivity index (χ2n) is 7.28. The first-order chi connectivity index (χ1) is 12.3. The van der Waals surface area contributed by atoms with Gasteiger partial charge in [-0.25, -0.2) is 0 Å². The van der Waals surface area contributed by atoms with Crippen molar-refractivity contribution < 1.29 is 5.11 Å². The quantitative estimate of drug-likeness (QED) is 0.313. The Balaban J connectivity index is 2.65. The van der Waals surface area contributed by atoms with Crippen molar-refractivity contribution in [3.05, 3.63) is 64.4 Å². The van der Waals surface area contributed by atoms with Gasteiger partial charge in [-0.2, -0.15) is 0 Å². The smallest absolute Gasteiger partial charge is 0.115 e. The van der Waals surface area contributed by atoms with Crippen LogP contribution in [0.2, 0.25) is 0 Å². The third-order valence-electron chi connectivity index (χ3n) is 5.23. The van der Waals surface area contributed by atoms with E-state index in [0.29, 0.717) is 17.6 Å². The molecule has 142 valence electrons. The van der Waals surface area contributed by atoms with Crippen LogP contribution >= 0.6 is 12.2 Å². The molecule has 0 heterocycles. The molecule has 0 aliphatic heterocycles. The molecule has 0 aliphatic carbocycles. The van der Waals surface area contributed by atoms with Crippen molar-refractivity contribution in [3.8, 4) is 5.75 Å². The van der Waals surface area contributed by atoms with Gasteiger partial charge in [-0.1, -0.05) is 44.3 Å². The molecule has 0 aliphatic rings. The summed E-state index contributed by atoms with van der Waals surface area (Å²) in [6.45, 7) is 10.7. The molecule has 0 amide bonds. The topological polar surface area (TPSA) is 46.2 Å². The summed E-state index contributed by atoms with van der Waals surface area (Å²) in [5.41, 5.74) is 12.2. The fraction of sp³-hybridized carbons (Fsp3) is 0.435. The Hall–Kier alpha value is -1.87. The standard InChI is InChI=1S/C23H33NOS/c1-16(13-14-26)18(3)15-19(4)23(24)20(5)17(2)7-6-8-21-9-11-22(25)12-10-21/h9-15,17,20,25H,6-8,24H2,1-5H3/t17?,20-/m0/s1. The van der Waals surface area contributed by atoms with Crippen LogP contribution in [0.1, 0.15) is 53.0 Å². The van der Waals surface area contributed by atoms with E-state index in [0.717, 1.165) is 30.5 Å². The Morgan fingerprint density at radius 2 is 1.73 bits per heavy atom. The summed E-state index contributed by atoms with van der Waals surface area (Å²) in [5.74, 6) is 1.19. The van der Waals surface area contributed by atoms with Crippen LogP contribution in [-0.4, -0.2) is 10.5 Å². The fourth-order valence-corrected chi connectivity index (χ4v) is 3.17. The number of hydrogen-bond acceptors (Lipinski definition) is 3. The van der Waals surface area contributed by atoms with Crippen molar-refractivity contribution in [1.29, 1.82) is 0 Å². The minimum absolute atomic E-state index is 0.322. The number of nitrogens with two attached hydrogens (primary N) is 1. The minimum Gasteiger partial charge on any atom is -0.508 e. The number of allylic oxidation sites excluding steroid dienone is 6. The van der Waals surface area contributed by atoms with Crippen LogP contribution in [0.25, 0.3) is 0 Å². The zero-order valence-electron chi connectivity index (χ0n) is 16.8. The average molecular weight is 372 g/mol. The molecular formula is C23H33NOS. The molecule has 26 heavy (non-hydrogen) atoms. The van der Waals surface area contributed by atoms with Gasteiger partial charge in [0, 0.05) is 11.1 Å². The molecule has 1 aromatic carbocycles. The van der Waals surface area contributed by atoms with Gasteiger partial charge in [0.2, 0.25) is 0 Å². The van der Waals surface area contributed by atoms with Gasteiger partial charge in [0.1, 0.15) is 5.75 Å². The van der Waals surface area contributed by atoms with E-state index in [4.69, 9.17) is 18.0 Å². The monoisotopic (exact) mass is 371 g/mol. The van der Waals surface area contributed by atoms with Crippen LogP contribution in [0.4, 0.5) is 0 Å². The first-order valence-corrected chi connectivity index (χ1v) is 9.78. The van der Waals surface area contributed by atoms with Crippen LogP contribution in [0.5, 0.6) is 5.75 Å². The molecule has 0 bridgehead atoms. The SMILES string of the molecule is CC(=CC=S)C(C)=CC(C)=C(N)[C@@H](C)C(C)CCCc1ccc(O)cc1. The lowest BCUT2D eigenvalue weighted by atomic mass is 9.86. The lowest BCUT2D eigenvalue weighted by molar-refractivity contribution is 0.395. The van der Waals surface area contributed by atoms with Gasteiger partial charge in [0.25, 0.3) is 0 Å². The number of aryl methyl sites for hydroxylation is 1. The minimum atomic E-state index is 0.322. The maximum absolute atomic E-state index is 9.35. The van der Waals surface area contributed by atoms with Crippen molar-refractivity contribution in [2.75, 3.05) is 0 Å². The molecule has 1 aromatic rings. The number of phenolic OH excluding ortho intramolecular Hbond substituents is 1. The van der Waals surface area contributed by atoms with E-state index in [-0.39, 0.29) is 0 Å². The largest absolute Gasteiger partial charge is 0.508 e. The molecular weight excluding hydrogens is 338 g/mol. The van der Waals surface area contributed by atoms with Crippen molar-refractivity contribution in [2.24, 2.45) is 17.6 Å². The van der Waals surface area contributed by atoms with E-state index < -0.39 is 0 Å². The average Bonchev–Trinajstić information content (AvgIpc) is 2.62. The first kappa shape index (κ1) is 22.2. The highest BCUT2D eigenvalue weighted by Gasteiger charge is 2.16. The van der Waals surface area contributed by atoms with Crippen LogP contribution < -0.4 is 5.73 Å². The van der Waals surface area contributed by atoms with E-state index >= 15 is 0 Å². The Kier molecular flexibility index (Phi) is 9.36. The second kappa shape index (κ2) is 11.0. The molecule has 2 atom stereocenters. The van der Waals surface area contributed by atoms with E-state index in [1.165, 1.54) is 16.7 Å². The second-order valence-corrected chi connectivity index (χ2v) is 7.55. The van der Waals surface area contributed by atoms with Crippen molar-refractivity contribution in [2.45, 2.75) is 53.9 Å². The molecule has 0 spiro atoms. The number of thiocarbonyl (C=S) groups is 1. The number of phenols is 1. The number of aromatic hydroxyl groups is 1. The number of rotatable bonds is 9. The number of benzene rings is 1.